The molecular weight excluding hydrogens is 208 g/mol. The number of aromatic nitrogens is 1. The van der Waals surface area contributed by atoms with Crippen LogP contribution in [0, 0.1) is 11.3 Å². The maximum atomic E-state index is 9.56. The molecule has 1 fully saturated rings. The lowest BCUT2D eigenvalue weighted by atomic mass is 9.80. The molecule has 1 aromatic heterocycles. The molecule has 0 bridgehead atoms. The van der Waals surface area contributed by atoms with Crippen LogP contribution in [0.5, 0.6) is 0 Å². The van der Waals surface area contributed by atoms with Gasteiger partial charge in [-0.25, -0.2) is 0 Å². The van der Waals surface area contributed by atoms with Gasteiger partial charge in [0.05, 0.1) is 12.1 Å². The van der Waals surface area contributed by atoms with Crippen molar-refractivity contribution in [1.29, 1.82) is 0 Å². The number of rotatable bonds is 6. The lowest BCUT2D eigenvalue weighted by Gasteiger charge is -2.30. The average Bonchev–Trinajstić information content (AvgIpc) is 2.92. The van der Waals surface area contributed by atoms with E-state index >= 15 is 0 Å². The quantitative estimate of drug-likeness (QED) is 0.771. The summed E-state index contributed by atoms with van der Waals surface area (Å²) in [6.45, 7) is 0.760. The van der Waals surface area contributed by atoms with Crippen LogP contribution >= 0.6 is 11.3 Å². The summed E-state index contributed by atoms with van der Waals surface area (Å²) in [4.78, 5) is 5.30. The number of nitrogens with zero attached hydrogens (tertiary/aromatic N) is 1. The first-order chi connectivity index (χ1) is 7.28. The smallest absolute Gasteiger partial charge is 0.0794 e. The predicted molar refractivity (Wildman–Crippen MR) is 61.7 cm³/mol. The molecule has 1 saturated carbocycles. The molecule has 3 N–H and O–H groups in total. The van der Waals surface area contributed by atoms with Crippen LogP contribution in [0.3, 0.4) is 0 Å². The largest absolute Gasteiger partial charge is 0.396 e. The van der Waals surface area contributed by atoms with Crippen LogP contribution in [0.15, 0.2) is 11.7 Å². The van der Waals surface area contributed by atoms with Gasteiger partial charge in [0.2, 0.25) is 0 Å². The molecule has 1 heterocycles. The Morgan fingerprint density at radius 3 is 2.87 bits per heavy atom. The second kappa shape index (κ2) is 4.60. The Balaban J connectivity index is 2.02. The number of nitrogens with two attached hydrogens (primary N) is 1. The summed E-state index contributed by atoms with van der Waals surface area (Å²) in [5.74, 6) is 0.800. The minimum atomic E-state index is -0.103. The van der Waals surface area contributed by atoms with Gasteiger partial charge in [-0.15, -0.1) is 11.3 Å². The highest BCUT2D eigenvalue weighted by molar-refractivity contribution is 7.09. The monoisotopic (exact) mass is 226 g/mol. The predicted octanol–water partition coefficient (Wildman–Crippen LogP) is 1.42. The van der Waals surface area contributed by atoms with Crippen LogP contribution in [0.2, 0.25) is 0 Å². The van der Waals surface area contributed by atoms with Crippen molar-refractivity contribution < 1.29 is 5.11 Å². The Bertz CT molecular complexity index is 292. The van der Waals surface area contributed by atoms with Gasteiger partial charge >= 0.3 is 0 Å². The summed E-state index contributed by atoms with van der Waals surface area (Å²) < 4.78 is 0. The third-order valence-corrected chi connectivity index (χ3v) is 4.00. The van der Waals surface area contributed by atoms with Crippen LogP contribution in [0.1, 0.15) is 24.1 Å². The SMILES string of the molecule is NCC(CO)(Cc1cncs1)CC1CC1. The molecule has 3 nitrogen and oxygen atoms in total. The lowest BCUT2D eigenvalue weighted by Crippen LogP contribution is -2.36. The van der Waals surface area contributed by atoms with Crippen LogP contribution in [0.25, 0.3) is 0 Å². The van der Waals surface area contributed by atoms with Crippen LogP contribution in [-0.4, -0.2) is 23.2 Å². The Morgan fingerprint density at radius 1 is 1.60 bits per heavy atom. The number of hydrogen-bond acceptors (Lipinski definition) is 4. The van der Waals surface area contributed by atoms with E-state index in [0.29, 0.717) is 6.54 Å². The van der Waals surface area contributed by atoms with Crippen molar-refractivity contribution in [3.05, 3.63) is 16.6 Å². The fraction of sp³-hybridized carbons (Fsp3) is 0.727. The van der Waals surface area contributed by atoms with E-state index in [1.54, 1.807) is 11.3 Å². The minimum Gasteiger partial charge on any atom is -0.396 e. The summed E-state index contributed by atoms with van der Waals surface area (Å²) in [7, 11) is 0. The van der Waals surface area contributed by atoms with Crippen molar-refractivity contribution in [2.45, 2.75) is 25.7 Å². The second-order valence-corrected chi connectivity index (χ2v) is 5.63. The topological polar surface area (TPSA) is 59.1 Å². The summed E-state index contributed by atoms with van der Waals surface area (Å²) >= 11 is 1.65. The third-order valence-electron chi connectivity index (χ3n) is 3.22. The molecule has 1 unspecified atom stereocenters. The van der Waals surface area contributed by atoms with E-state index in [4.69, 9.17) is 5.73 Å². The fourth-order valence-corrected chi connectivity index (χ4v) is 2.81. The van der Waals surface area contributed by atoms with Gasteiger partial charge in [-0.3, -0.25) is 4.98 Å². The van der Waals surface area contributed by atoms with E-state index < -0.39 is 0 Å². The molecule has 1 atom stereocenters. The molecular formula is C11H18N2OS. The molecule has 84 valence electrons. The summed E-state index contributed by atoms with van der Waals surface area (Å²) in [5.41, 5.74) is 7.57. The van der Waals surface area contributed by atoms with E-state index in [1.165, 1.54) is 17.7 Å². The van der Waals surface area contributed by atoms with Gasteiger partial charge in [0.15, 0.2) is 0 Å². The zero-order valence-electron chi connectivity index (χ0n) is 8.85. The van der Waals surface area contributed by atoms with E-state index in [9.17, 15) is 5.11 Å². The van der Waals surface area contributed by atoms with Crippen LogP contribution in [0.4, 0.5) is 0 Å². The lowest BCUT2D eigenvalue weighted by molar-refractivity contribution is 0.116. The molecule has 0 amide bonds. The van der Waals surface area contributed by atoms with Gasteiger partial charge in [-0.2, -0.15) is 0 Å². The molecule has 0 saturated heterocycles. The van der Waals surface area contributed by atoms with Crippen molar-refractivity contribution in [3.63, 3.8) is 0 Å². The normalized spacial score (nSPS) is 20.1. The summed E-state index contributed by atoms with van der Waals surface area (Å²) in [6, 6.07) is 0. The first-order valence-corrected chi connectivity index (χ1v) is 6.34. The molecule has 4 heteroatoms. The Labute approximate surface area is 94.3 Å². The fourth-order valence-electron chi connectivity index (χ4n) is 2.05. The van der Waals surface area contributed by atoms with E-state index in [2.05, 4.69) is 4.98 Å². The Hall–Kier alpha value is -0.450. The first kappa shape index (κ1) is 11.0. The second-order valence-electron chi connectivity index (χ2n) is 4.65. The summed E-state index contributed by atoms with van der Waals surface area (Å²) in [6.07, 6.45) is 6.45. The average molecular weight is 226 g/mol. The van der Waals surface area contributed by atoms with Crippen molar-refractivity contribution in [3.8, 4) is 0 Å². The molecule has 0 radical (unpaired) electrons. The van der Waals surface area contributed by atoms with Crippen molar-refractivity contribution >= 4 is 11.3 Å². The summed E-state index contributed by atoms with van der Waals surface area (Å²) in [5, 5.41) is 9.56. The highest BCUT2D eigenvalue weighted by Crippen LogP contribution is 2.41. The van der Waals surface area contributed by atoms with Crippen molar-refractivity contribution in [2.75, 3.05) is 13.2 Å². The van der Waals surface area contributed by atoms with Gasteiger partial charge in [0.25, 0.3) is 0 Å². The molecule has 15 heavy (non-hydrogen) atoms. The van der Waals surface area contributed by atoms with Gasteiger partial charge < -0.3 is 10.8 Å². The van der Waals surface area contributed by atoms with Gasteiger partial charge in [-0.05, 0) is 18.8 Å². The highest BCUT2D eigenvalue weighted by atomic mass is 32.1. The molecule has 1 aliphatic rings. The number of aliphatic hydroxyl groups excluding tert-OH is 1. The minimum absolute atomic E-state index is 0.103. The molecule has 0 aliphatic heterocycles. The van der Waals surface area contributed by atoms with Gasteiger partial charge in [0.1, 0.15) is 0 Å². The Kier molecular flexibility index (Phi) is 3.38. The van der Waals surface area contributed by atoms with Crippen molar-refractivity contribution in [1.82, 2.24) is 4.98 Å². The number of thiazole rings is 1. The first-order valence-electron chi connectivity index (χ1n) is 5.46. The zero-order chi connectivity index (χ0) is 10.7. The van der Waals surface area contributed by atoms with Crippen molar-refractivity contribution in [2.24, 2.45) is 17.1 Å². The van der Waals surface area contributed by atoms with E-state index in [-0.39, 0.29) is 12.0 Å². The van der Waals surface area contributed by atoms with Gasteiger partial charge in [0, 0.05) is 23.0 Å². The number of hydrogen-bond donors (Lipinski definition) is 2. The molecule has 1 aromatic rings. The maximum absolute atomic E-state index is 9.56. The zero-order valence-corrected chi connectivity index (χ0v) is 9.67. The molecule has 2 rings (SSSR count). The standard InChI is InChI=1S/C11H18N2OS/c12-6-11(7-14,3-9-1-2-9)4-10-5-13-8-15-10/h5,8-9,14H,1-4,6-7,12H2. The molecule has 1 aliphatic carbocycles. The Morgan fingerprint density at radius 2 is 2.40 bits per heavy atom. The number of aliphatic hydroxyl groups is 1. The highest BCUT2D eigenvalue weighted by Gasteiger charge is 2.36. The van der Waals surface area contributed by atoms with Crippen LogP contribution < -0.4 is 5.73 Å². The van der Waals surface area contributed by atoms with E-state index in [0.717, 1.165) is 18.8 Å². The molecule has 0 aromatic carbocycles. The van der Waals surface area contributed by atoms with Gasteiger partial charge in [-0.1, -0.05) is 12.8 Å². The van der Waals surface area contributed by atoms with Crippen LogP contribution in [-0.2, 0) is 6.42 Å². The third kappa shape index (κ3) is 2.77. The van der Waals surface area contributed by atoms with E-state index in [1.807, 2.05) is 11.7 Å². The molecule has 0 spiro atoms. The maximum Gasteiger partial charge on any atom is 0.0794 e.